The van der Waals surface area contributed by atoms with Crippen molar-refractivity contribution in [1.29, 1.82) is 0 Å². The lowest BCUT2D eigenvalue weighted by atomic mass is 9.76. The van der Waals surface area contributed by atoms with E-state index in [0.29, 0.717) is 19.3 Å². The fourth-order valence-electron chi connectivity index (χ4n) is 3.92. The molecule has 1 aliphatic heterocycles. The van der Waals surface area contributed by atoms with E-state index >= 15 is 0 Å². The number of carbonyl (C=O) groups is 3. The number of Topliss-reactive ketones (excluding diaryl/α,β-unsaturated/α-hetero) is 1. The third kappa shape index (κ3) is 5.79. The van der Waals surface area contributed by atoms with Gasteiger partial charge in [0.25, 0.3) is 0 Å². The van der Waals surface area contributed by atoms with Gasteiger partial charge in [-0.3, -0.25) is 9.59 Å². The van der Waals surface area contributed by atoms with E-state index < -0.39 is 28.7 Å². The highest BCUT2D eigenvalue weighted by atomic mass is 16.4. The minimum absolute atomic E-state index is 0.136. The van der Waals surface area contributed by atoms with Crippen molar-refractivity contribution in [2.24, 2.45) is 17.6 Å². The number of hydrogen-bond acceptors (Lipinski definition) is 4. The molecule has 1 rings (SSSR count). The van der Waals surface area contributed by atoms with Crippen LogP contribution in [-0.4, -0.2) is 33.8 Å². The number of nitrogens with one attached hydrogen (secondary N) is 1. The molecule has 0 aromatic heterocycles. The number of carbonyl (C=O) groups excluding carboxylic acids is 2. The largest absolute Gasteiger partial charge is 0.480 e. The van der Waals surface area contributed by atoms with Gasteiger partial charge >= 0.3 is 5.97 Å². The van der Waals surface area contributed by atoms with Crippen molar-refractivity contribution in [1.82, 2.24) is 5.32 Å². The predicted octanol–water partition coefficient (Wildman–Crippen LogP) is 3.03. The molecule has 1 amide bonds. The topological polar surface area (TPSA) is 109 Å². The molecule has 0 bridgehead atoms. The molecular formula is C20H36N2O4. The predicted molar refractivity (Wildman–Crippen MR) is 102 cm³/mol. The summed E-state index contributed by atoms with van der Waals surface area (Å²) in [5.74, 6) is -2.89. The van der Waals surface area contributed by atoms with Crippen molar-refractivity contribution >= 4 is 17.7 Å². The minimum Gasteiger partial charge on any atom is -0.480 e. The van der Waals surface area contributed by atoms with E-state index in [1.54, 1.807) is 0 Å². The zero-order chi connectivity index (χ0) is 20.0. The molecule has 1 saturated heterocycles. The van der Waals surface area contributed by atoms with Gasteiger partial charge in [0.15, 0.2) is 11.3 Å². The second-order valence-corrected chi connectivity index (χ2v) is 8.43. The van der Waals surface area contributed by atoms with E-state index in [0.717, 1.165) is 25.7 Å². The van der Waals surface area contributed by atoms with Crippen molar-refractivity contribution in [3.63, 3.8) is 0 Å². The van der Waals surface area contributed by atoms with Gasteiger partial charge in [0.1, 0.15) is 0 Å². The average Bonchev–Trinajstić information content (AvgIpc) is 2.81. The molecule has 2 unspecified atom stereocenters. The van der Waals surface area contributed by atoms with Crippen LogP contribution < -0.4 is 11.1 Å². The Balaban J connectivity index is 2.80. The van der Waals surface area contributed by atoms with Crippen LogP contribution in [0.5, 0.6) is 0 Å². The summed E-state index contributed by atoms with van der Waals surface area (Å²) in [4.78, 5) is 37.0. The third-order valence-electron chi connectivity index (χ3n) is 5.50. The second kappa shape index (κ2) is 9.49. The molecule has 4 N–H and O–H groups in total. The van der Waals surface area contributed by atoms with Gasteiger partial charge in [-0.15, -0.1) is 0 Å². The number of aliphatic carboxylic acids is 1. The van der Waals surface area contributed by atoms with Crippen LogP contribution in [0.3, 0.4) is 0 Å². The highest BCUT2D eigenvalue weighted by Gasteiger charge is 2.50. The van der Waals surface area contributed by atoms with Gasteiger partial charge in [-0.25, -0.2) is 4.79 Å². The first-order chi connectivity index (χ1) is 12.1. The lowest BCUT2D eigenvalue weighted by Gasteiger charge is -2.29. The summed E-state index contributed by atoms with van der Waals surface area (Å²) in [5.41, 5.74) is 3.73. The van der Waals surface area contributed by atoms with Gasteiger partial charge in [-0.05, 0) is 39.5 Å². The lowest BCUT2D eigenvalue weighted by Crippen LogP contribution is -2.58. The fraction of sp³-hybridized carbons (Fsp3) is 0.850. The molecule has 0 radical (unpaired) electrons. The molecule has 6 nitrogen and oxygen atoms in total. The van der Waals surface area contributed by atoms with E-state index in [1.807, 2.05) is 20.8 Å². The van der Waals surface area contributed by atoms with E-state index in [2.05, 4.69) is 12.2 Å². The van der Waals surface area contributed by atoms with Crippen molar-refractivity contribution in [2.75, 3.05) is 0 Å². The number of ketones is 1. The molecule has 6 heteroatoms. The Labute approximate surface area is 157 Å². The molecular weight excluding hydrogens is 332 g/mol. The summed E-state index contributed by atoms with van der Waals surface area (Å²) < 4.78 is 0. The molecule has 26 heavy (non-hydrogen) atoms. The Morgan fingerprint density at radius 1 is 1.27 bits per heavy atom. The van der Waals surface area contributed by atoms with Crippen molar-refractivity contribution in [3.8, 4) is 0 Å². The summed E-state index contributed by atoms with van der Waals surface area (Å²) in [7, 11) is 0. The fourth-order valence-corrected chi connectivity index (χ4v) is 3.92. The maximum Gasteiger partial charge on any atom is 0.331 e. The lowest BCUT2D eigenvalue weighted by molar-refractivity contribution is -0.151. The number of carboxylic acids is 1. The minimum atomic E-state index is -1.99. The summed E-state index contributed by atoms with van der Waals surface area (Å²) >= 11 is 0. The second-order valence-electron chi connectivity index (χ2n) is 8.43. The van der Waals surface area contributed by atoms with E-state index in [9.17, 15) is 19.5 Å². The molecule has 0 spiro atoms. The van der Waals surface area contributed by atoms with Crippen LogP contribution in [0.4, 0.5) is 0 Å². The third-order valence-corrected chi connectivity index (χ3v) is 5.50. The molecule has 0 aromatic carbocycles. The number of unbranched alkanes of at least 4 members (excludes halogenated alkanes) is 4. The standard InChI is InChI=1S/C20H36N2O4/c1-5-7-8-9-10-11-14(6-2)16(23)20(21,18(25)26)13-15-12-19(3,4)22-17(15)24/h14-15H,5-13,21H2,1-4H3,(H,22,24)(H,25,26)/t14?,15-,20?/m0/s1. The Bertz CT molecular complexity index is 518. The first kappa shape index (κ1) is 22.6. The summed E-state index contributed by atoms with van der Waals surface area (Å²) in [6.45, 7) is 7.81. The van der Waals surface area contributed by atoms with Gasteiger partial charge in [-0.2, -0.15) is 0 Å². The molecule has 0 saturated carbocycles. The normalized spacial score (nSPS) is 22.5. The zero-order valence-electron chi connectivity index (χ0n) is 16.8. The number of amides is 1. The summed E-state index contributed by atoms with van der Waals surface area (Å²) in [6.07, 6.45) is 6.98. The number of rotatable bonds is 12. The Morgan fingerprint density at radius 2 is 1.88 bits per heavy atom. The van der Waals surface area contributed by atoms with Crippen molar-refractivity contribution in [3.05, 3.63) is 0 Å². The number of hydrogen-bond donors (Lipinski definition) is 3. The molecule has 1 aliphatic rings. The molecule has 3 atom stereocenters. The summed E-state index contributed by atoms with van der Waals surface area (Å²) in [6, 6.07) is 0. The first-order valence-corrected chi connectivity index (χ1v) is 9.96. The number of nitrogens with two attached hydrogens (primary N) is 1. The van der Waals surface area contributed by atoms with Gasteiger partial charge < -0.3 is 16.2 Å². The number of carboxylic acid groups (broad SMARTS) is 1. The molecule has 150 valence electrons. The van der Waals surface area contributed by atoms with Crippen LogP contribution >= 0.6 is 0 Å². The molecule has 1 heterocycles. The Hall–Kier alpha value is -1.43. The van der Waals surface area contributed by atoms with Crippen LogP contribution in [0.2, 0.25) is 0 Å². The van der Waals surface area contributed by atoms with Crippen molar-refractivity contribution in [2.45, 2.75) is 96.6 Å². The summed E-state index contributed by atoms with van der Waals surface area (Å²) in [5, 5.41) is 12.5. The van der Waals surface area contributed by atoms with Gasteiger partial charge in [0.05, 0.1) is 0 Å². The van der Waals surface area contributed by atoms with Crippen LogP contribution in [0.1, 0.15) is 85.5 Å². The smallest absolute Gasteiger partial charge is 0.331 e. The maximum absolute atomic E-state index is 13.0. The van der Waals surface area contributed by atoms with Crippen LogP contribution in [-0.2, 0) is 14.4 Å². The molecule has 0 aromatic rings. The average molecular weight is 369 g/mol. The van der Waals surface area contributed by atoms with Crippen molar-refractivity contribution < 1.29 is 19.5 Å². The van der Waals surface area contributed by atoms with Crippen LogP contribution in [0.15, 0.2) is 0 Å². The SMILES string of the molecule is CCCCCCCC(CC)C(=O)C(N)(C[C@@H]1CC(C)(C)NC1=O)C(=O)O. The van der Waals surface area contributed by atoms with E-state index in [-0.39, 0.29) is 18.2 Å². The highest BCUT2D eigenvalue weighted by molar-refractivity contribution is 6.09. The highest BCUT2D eigenvalue weighted by Crippen LogP contribution is 2.32. The first-order valence-electron chi connectivity index (χ1n) is 9.96. The van der Waals surface area contributed by atoms with Gasteiger partial charge in [-0.1, -0.05) is 46.0 Å². The van der Waals surface area contributed by atoms with Crippen LogP contribution in [0, 0.1) is 11.8 Å². The Morgan fingerprint density at radius 3 is 2.35 bits per heavy atom. The molecule has 1 fully saturated rings. The maximum atomic E-state index is 13.0. The van der Waals surface area contributed by atoms with E-state index in [4.69, 9.17) is 5.73 Å². The molecule has 0 aliphatic carbocycles. The van der Waals surface area contributed by atoms with E-state index in [1.165, 1.54) is 6.42 Å². The van der Waals surface area contributed by atoms with Gasteiger partial charge in [0.2, 0.25) is 5.91 Å². The monoisotopic (exact) mass is 368 g/mol. The van der Waals surface area contributed by atoms with Crippen LogP contribution in [0.25, 0.3) is 0 Å². The van der Waals surface area contributed by atoms with Gasteiger partial charge in [0, 0.05) is 17.4 Å². The Kier molecular flexibility index (Phi) is 8.25. The quantitative estimate of drug-likeness (QED) is 0.362. The zero-order valence-corrected chi connectivity index (χ0v) is 16.8.